The molecule has 1 unspecified atom stereocenters. The van der Waals surface area contributed by atoms with Gasteiger partial charge in [0.15, 0.2) is 5.65 Å². The lowest BCUT2D eigenvalue weighted by Gasteiger charge is -2.17. The van der Waals surface area contributed by atoms with Crippen molar-refractivity contribution in [1.82, 2.24) is 19.7 Å². The molecule has 3 aromatic rings. The fourth-order valence-electron chi connectivity index (χ4n) is 3.89. The average Bonchev–Trinajstić information content (AvgIpc) is 3.28. The van der Waals surface area contributed by atoms with Crippen LogP contribution in [0.5, 0.6) is 5.75 Å². The number of fused-ring (bicyclic) bond motifs is 1. The summed E-state index contributed by atoms with van der Waals surface area (Å²) in [4.78, 5) is 6.99. The van der Waals surface area contributed by atoms with Crippen molar-refractivity contribution in [3.05, 3.63) is 53.9 Å². The van der Waals surface area contributed by atoms with Crippen LogP contribution in [0, 0.1) is 0 Å². The third-order valence-electron chi connectivity index (χ3n) is 5.12. The Labute approximate surface area is 153 Å². The van der Waals surface area contributed by atoms with E-state index in [9.17, 15) is 0 Å². The van der Waals surface area contributed by atoms with Crippen LogP contribution >= 0.6 is 0 Å². The van der Waals surface area contributed by atoms with Crippen LogP contribution in [-0.4, -0.2) is 46.4 Å². The fourth-order valence-corrected chi connectivity index (χ4v) is 3.89. The number of likely N-dealkylation sites (tertiary alicyclic amines) is 1. The summed E-state index contributed by atoms with van der Waals surface area (Å²) in [6.07, 6.45) is 2.93. The van der Waals surface area contributed by atoms with Crippen LogP contribution in [0.4, 0.5) is 0 Å². The number of benzene rings is 1. The van der Waals surface area contributed by atoms with E-state index in [1.54, 1.807) is 7.11 Å². The quantitative estimate of drug-likeness (QED) is 0.738. The number of hydrogen-bond acceptors (Lipinski definition) is 5. The van der Waals surface area contributed by atoms with E-state index in [2.05, 4.69) is 28.1 Å². The molecule has 0 radical (unpaired) electrons. The predicted molar refractivity (Wildman–Crippen MR) is 102 cm³/mol. The van der Waals surface area contributed by atoms with Gasteiger partial charge >= 0.3 is 0 Å². The highest BCUT2D eigenvalue weighted by molar-refractivity contribution is 5.78. The molecule has 0 aliphatic carbocycles. The molecule has 1 fully saturated rings. The minimum Gasteiger partial charge on any atom is -0.496 e. The second-order valence-corrected chi connectivity index (χ2v) is 6.80. The van der Waals surface area contributed by atoms with Gasteiger partial charge in [0, 0.05) is 42.7 Å². The molecule has 136 valence electrons. The minimum absolute atomic E-state index is 0.426. The number of nitrogens with two attached hydrogens (primary N) is 1. The van der Waals surface area contributed by atoms with E-state index >= 15 is 0 Å². The number of ether oxygens (including phenoxy) is 1. The van der Waals surface area contributed by atoms with Crippen molar-refractivity contribution in [2.75, 3.05) is 26.7 Å². The monoisotopic (exact) mass is 351 g/mol. The topological polar surface area (TPSA) is 69.2 Å². The zero-order valence-electron chi connectivity index (χ0n) is 15.1. The van der Waals surface area contributed by atoms with Crippen LogP contribution in [-0.2, 0) is 13.1 Å². The summed E-state index contributed by atoms with van der Waals surface area (Å²) in [6, 6.07) is 12.4. The molecule has 0 saturated carbocycles. The molecule has 6 nitrogen and oxygen atoms in total. The molecule has 0 spiro atoms. The van der Waals surface area contributed by atoms with Gasteiger partial charge in [-0.05, 0) is 31.2 Å². The van der Waals surface area contributed by atoms with Gasteiger partial charge in [-0.2, -0.15) is 5.10 Å². The highest BCUT2D eigenvalue weighted by atomic mass is 16.5. The summed E-state index contributed by atoms with van der Waals surface area (Å²) >= 11 is 0. The van der Waals surface area contributed by atoms with E-state index in [1.165, 1.54) is 5.56 Å². The maximum atomic E-state index is 5.74. The molecular formula is C20H25N5O. The first-order valence-corrected chi connectivity index (χ1v) is 9.16. The van der Waals surface area contributed by atoms with E-state index in [1.807, 2.05) is 29.1 Å². The third-order valence-corrected chi connectivity index (χ3v) is 5.12. The molecule has 3 heterocycles. The van der Waals surface area contributed by atoms with Gasteiger partial charge in [0.1, 0.15) is 5.75 Å². The van der Waals surface area contributed by atoms with Crippen molar-refractivity contribution in [2.24, 2.45) is 5.73 Å². The molecule has 2 aromatic heterocycles. The lowest BCUT2D eigenvalue weighted by atomic mass is 10.0. The largest absolute Gasteiger partial charge is 0.496 e. The number of rotatable bonds is 6. The second-order valence-electron chi connectivity index (χ2n) is 6.80. The van der Waals surface area contributed by atoms with Crippen molar-refractivity contribution in [3.63, 3.8) is 0 Å². The Morgan fingerprint density at radius 1 is 1.23 bits per heavy atom. The molecule has 0 bridgehead atoms. The van der Waals surface area contributed by atoms with E-state index in [4.69, 9.17) is 15.6 Å². The molecule has 0 amide bonds. The third kappa shape index (κ3) is 3.18. The molecule has 6 heteroatoms. The number of hydrogen-bond donors (Lipinski definition) is 1. The predicted octanol–water partition coefficient (Wildman–Crippen LogP) is 2.39. The molecular weight excluding hydrogens is 326 g/mol. The van der Waals surface area contributed by atoms with Gasteiger partial charge in [0.2, 0.25) is 0 Å². The van der Waals surface area contributed by atoms with Crippen molar-refractivity contribution in [2.45, 2.75) is 25.4 Å². The zero-order chi connectivity index (χ0) is 17.9. The Hall–Kier alpha value is -2.44. The first kappa shape index (κ1) is 17.0. The van der Waals surface area contributed by atoms with Crippen molar-refractivity contribution >= 4 is 11.0 Å². The normalized spacial score (nSPS) is 17.8. The summed E-state index contributed by atoms with van der Waals surface area (Å²) in [5, 5.41) is 6.02. The lowest BCUT2D eigenvalue weighted by Crippen LogP contribution is -2.20. The van der Waals surface area contributed by atoms with Gasteiger partial charge in [0.25, 0.3) is 0 Å². The Kier molecular flexibility index (Phi) is 4.86. The van der Waals surface area contributed by atoms with Crippen LogP contribution < -0.4 is 10.5 Å². The maximum Gasteiger partial charge on any atom is 0.158 e. The van der Waals surface area contributed by atoms with Crippen LogP contribution in [0.1, 0.15) is 23.6 Å². The van der Waals surface area contributed by atoms with Crippen molar-refractivity contribution < 1.29 is 4.74 Å². The van der Waals surface area contributed by atoms with Crippen LogP contribution in [0.25, 0.3) is 11.0 Å². The SMILES string of the molecule is COc1ccccc1CN1CCC(c2nn(CCN)c3ncccc23)C1. The van der Waals surface area contributed by atoms with Gasteiger partial charge in [0.05, 0.1) is 19.3 Å². The number of aromatic nitrogens is 3. The lowest BCUT2D eigenvalue weighted by molar-refractivity contribution is 0.316. The van der Waals surface area contributed by atoms with E-state index in [-0.39, 0.29) is 0 Å². The second kappa shape index (κ2) is 7.43. The van der Waals surface area contributed by atoms with Gasteiger partial charge in [-0.15, -0.1) is 0 Å². The van der Waals surface area contributed by atoms with Crippen molar-refractivity contribution in [3.8, 4) is 5.75 Å². The molecule has 26 heavy (non-hydrogen) atoms. The summed E-state index contributed by atoms with van der Waals surface area (Å²) in [6.45, 7) is 4.23. The molecule has 1 aliphatic heterocycles. The Morgan fingerprint density at radius 2 is 2.12 bits per heavy atom. The van der Waals surface area contributed by atoms with E-state index < -0.39 is 0 Å². The van der Waals surface area contributed by atoms with Crippen LogP contribution in [0.3, 0.4) is 0 Å². The minimum atomic E-state index is 0.426. The van der Waals surface area contributed by atoms with Gasteiger partial charge in [-0.25, -0.2) is 9.67 Å². The first-order valence-electron chi connectivity index (χ1n) is 9.16. The smallest absolute Gasteiger partial charge is 0.158 e. The number of para-hydroxylation sites is 1. The highest BCUT2D eigenvalue weighted by Crippen LogP contribution is 2.32. The molecule has 1 saturated heterocycles. The number of methoxy groups -OCH3 is 1. The Balaban J connectivity index is 1.55. The standard InChI is InChI=1S/C20H25N5O/c1-26-18-7-3-2-5-15(18)13-24-11-8-16(14-24)19-17-6-4-10-22-20(17)25(23-19)12-9-21/h2-7,10,16H,8-9,11-14,21H2,1H3. The molecule has 1 aromatic carbocycles. The van der Waals surface area contributed by atoms with Crippen LogP contribution in [0.2, 0.25) is 0 Å². The number of pyridine rings is 1. The molecule has 1 aliphatic rings. The summed E-state index contributed by atoms with van der Waals surface area (Å²) in [5.74, 6) is 1.38. The average molecular weight is 351 g/mol. The molecule has 1 atom stereocenters. The zero-order valence-corrected chi connectivity index (χ0v) is 15.1. The fraction of sp³-hybridized carbons (Fsp3) is 0.400. The van der Waals surface area contributed by atoms with E-state index in [0.717, 1.165) is 48.5 Å². The summed E-state index contributed by atoms with van der Waals surface area (Å²) in [7, 11) is 1.73. The molecule has 4 rings (SSSR count). The van der Waals surface area contributed by atoms with Gasteiger partial charge in [-0.3, -0.25) is 4.90 Å². The maximum absolute atomic E-state index is 5.74. The van der Waals surface area contributed by atoms with Crippen molar-refractivity contribution in [1.29, 1.82) is 0 Å². The Morgan fingerprint density at radius 3 is 2.96 bits per heavy atom. The highest BCUT2D eigenvalue weighted by Gasteiger charge is 2.28. The van der Waals surface area contributed by atoms with Gasteiger partial charge in [-0.1, -0.05) is 18.2 Å². The summed E-state index contributed by atoms with van der Waals surface area (Å²) < 4.78 is 7.44. The van der Waals surface area contributed by atoms with E-state index in [0.29, 0.717) is 19.0 Å². The molecule has 2 N–H and O–H groups in total. The van der Waals surface area contributed by atoms with Gasteiger partial charge < -0.3 is 10.5 Å². The number of nitrogens with zero attached hydrogens (tertiary/aromatic N) is 4. The summed E-state index contributed by atoms with van der Waals surface area (Å²) in [5.41, 5.74) is 9.07. The van der Waals surface area contributed by atoms with Crippen LogP contribution in [0.15, 0.2) is 42.6 Å². The Bertz CT molecular complexity index is 891. The first-order chi connectivity index (χ1) is 12.8.